The summed E-state index contributed by atoms with van der Waals surface area (Å²) < 4.78 is 35.7. The molecule has 1 fully saturated rings. The van der Waals surface area contributed by atoms with E-state index in [1.807, 2.05) is 93.0 Å². The molecule has 1 saturated carbocycles. The van der Waals surface area contributed by atoms with Crippen LogP contribution in [0.4, 0.5) is 0 Å². The molecule has 3 unspecified atom stereocenters. The number of aromatic amines is 1. The van der Waals surface area contributed by atoms with Gasteiger partial charge in [-0.2, -0.15) is 5.21 Å². The number of sulfonamides is 1. The van der Waals surface area contributed by atoms with Gasteiger partial charge < -0.3 is 15.0 Å². The maximum atomic E-state index is 13.5. The number of H-pyrrole nitrogens is 1. The van der Waals surface area contributed by atoms with Gasteiger partial charge in [0.05, 0.1) is 18.5 Å². The Morgan fingerprint density at radius 2 is 1.71 bits per heavy atom. The van der Waals surface area contributed by atoms with Crippen molar-refractivity contribution in [2.24, 2.45) is 5.92 Å². The summed E-state index contributed by atoms with van der Waals surface area (Å²) in [5, 5.41) is 16.8. The summed E-state index contributed by atoms with van der Waals surface area (Å²) in [5.41, 5.74) is 4.58. The van der Waals surface area contributed by atoms with E-state index in [1.54, 1.807) is 0 Å². The van der Waals surface area contributed by atoms with Crippen molar-refractivity contribution in [3.63, 3.8) is 0 Å². The van der Waals surface area contributed by atoms with E-state index in [0.29, 0.717) is 24.6 Å². The van der Waals surface area contributed by atoms with E-state index in [2.05, 4.69) is 35.6 Å². The lowest BCUT2D eigenvalue weighted by atomic mass is 9.88. The molecule has 1 aliphatic rings. The topological polar surface area (TPSA) is 142 Å². The van der Waals surface area contributed by atoms with Crippen LogP contribution in [0.5, 0.6) is 0 Å². The van der Waals surface area contributed by atoms with Crippen molar-refractivity contribution in [1.82, 2.24) is 35.6 Å². The lowest BCUT2D eigenvalue weighted by molar-refractivity contribution is -0.124. The minimum Gasteiger partial charge on any atom is -0.375 e. The van der Waals surface area contributed by atoms with E-state index in [1.165, 1.54) is 0 Å². The molecule has 0 spiro atoms. The third kappa shape index (κ3) is 9.04. The molecule has 1 heterocycles. The van der Waals surface area contributed by atoms with Gasteiger partial charge in [-0.1, -0.05) is 85.3 Å². The third-order valence-electron chi connectivity index (χ3n) is 8.06. The van der Waals surface area contributed by atoms with Gasteiger partial charge in [-0.05, 0) is 66.7 Å². The summed E-state index contributed by atoms with van der Waals surface area (Å²) >= 11 is 0. The maximum absolute atomic E-state index is 13.5. The van der Waals surface area contributed by atoms with E-state index in [9.17, 15) is 13.2 Å². The fourth-order valence-corrected chi connectivity index (χ4v) is 7.62. The average molecular weight is 632 g/mol. The third-order valence-corrected chi connectivity index (χ3v) is 9.98. The minimum absolute atomic E-state index is 0.0837. The zero-order chi connectivity index (χ0) is 31.6. The molecule has 3 N–H and O–H groups in total. The van der Waals surface area contributed by atoms with Crippen molar-refractivity contribution in [2.75, 3.05) is 27.2 Å². The highest BCUT2D eigenvalue weighted by Gasteiger charge is 2.35. The number of rotatable bonds is 14. The van der Waals surface area contributed by atoms with Crippen molar-refractivity contribution in [1.29, 1.82) is 0 Å². The van der Waals surface area contributed by atoms with Crippen LogP contribution >= 0.6 is 0 Å². The second kappa shape index (κ2) is 15.3. The van der Waals surface area contributed by atoms with Crippen molar-refractivity contribution < 1.29 is 17.9 Å². The Labute approximate surface area is 264 Å². The van der Waals surface area contributed by atoms with E-state index in [-0.39, 0.29) is 19.8 Å². The van der Waals surface area contributed by atoms with Gasteiger partial charge in [0.2, 0.25) is 21.8 Å². The molecule has 1 amide bonds. The van der Waals surface area contributed by atoms with Gasteiger partial charge in [0, 0.05) is 18.7 Å². The van der Waals surface area contributed by atoms with E-state index in [4.69, 9.17) is 4.74 Å². The molecule has 238 valence electrons. The van der Waals surface area contributed by atoms with Crippen LogP contribution in [-0.4, -0.2) is 78.4 Å². The van der Waals surface area contributed by atoms with Crippen LogP contribution in [-0.2, 0) is 32.7 Å². The fraction of sp³-hybridized carbons (Fsp3) is 0.394. The van der Waals surface area contributed by atoms with E-state index < -0.39 is 27.2 Å². The van der Waals surface area contributed by atoms with Crippen LogP contribution in [0.25, 0.3) is 22.5 Å². The lowest BCUT2D eigenvalue weighted by Crippen LogP contribution is -2.52. The van der Waals surface area contributed by atoms with Gasteiger partial charge in [-0.15, -0.1) is 10.2 Å². The van der Waals surface area contributed by atoms with Crippen LogP contribution in [0.15, 0.2) is 78.9 Å². The molecule has 0 radical (unpaired) electrons. The van der Waals surface area contributed by atoms with Crippen LogP contribution in [0, 0.1) is 5.92 Å². The van der Waals surface area contributed by atoms with E-state index in [0.717, 1.165) is 47.2 Å². The number of nitrogens with zero attached hydrogens (tertiary/aromatic N) is 4. The molecule has 5 rings (SSSR count). The molecule has 1 aliphatic carbocycles. The molecule has 3 aromatic carbocycles. The highest BCUT2D eigenvalue weighted by Crippen LogP contribution is 2.30. The lowest BCUT2D eigenvalue weighted by Gasteiger charge is -2.31. The quantitative estimate of drug-likeness (QED) is 0.191. The second-order valence-corrected chi connectivity index (χ2v) is 13.8. The molecule has 0 aliphatic heterocycles. The first-order chi connectivity index (χ1) is 21.8. The number of benzene rings is 3. The number of aromatic nitrogens is 4. The van der Waals surface area contributed by atoms with Crippen LogP contribution in [0.3, 0.4) is 0 Å². The Morgan fingerprint density at radius 1 is 0.978 bits per heavy atom. The normalized spacial score (nSPS) is 17.7. The number of tetrazole rings is 1. The number of carbonyl (C=O) groups is 1. The van der Waals surface area contributed by atoms with Crippen molar-refractivity contribution in [3.05, 3.63) is 90.0 Å². The first-order valence-corrected chi connectivity index (χ1v) is 16.8. The Hall–Kier alpha value is -3.97. The highest BCUT2D eigenvalue weighted by molar-refractivity contribution is 7.90. The van der Waals surface area contributed by atoms with Gasteiger partial charge in [0.15, 0.2) is 0 Å². The van der Waals surface area contributed by atoms with Crippen molar-refractivity contribution in [2.45, 2.75) is 50.1 Å². The molecule has 0 bridgehead atoms. The zero-order valence-electron chi connectivity index (χ0n) is 25.7. The Morgan fingerprint density at radius 3 is 2.42 bits per heavy atom. The van der Waals surface area contributed by atoms with Crippen molar-refractivity contribution >= 4 is 15.9 Å². The van der Waals surface area contributed by atoms with Gasteiger partial charge in [0.1, 0.15) is 6.04 Å². The number of hydrogen-bond acceptors (Lipinski definition) is 8. The number of amides is 1. The largest absolute Gasteiger partial charge is 0.375 e. The summed E-state index contributed by atoms with van der Waals surface area (Å²) in [7, 11) is 0.247. The summed E-state index contributed by atoms with van der Waals surface area (Å²) in [6.45, 7) is 1.27. The summed E-state index contributed by atoms with van der Waals surface area (Å²) in [6.07, 6.45) is 3.02. The summed E-state index contributed by atoms with van der Waals surface area (Å²) in [4.78, 5) is 15.5. The minimum atomic E-state index is -3.76. The van der Waals surface area contributed by atoms with Crippen molar-refractivity contribution in [3.8, 4) is 22.5 Å². The second-order valence-electron chi connectivity index (χ2n) is 11.8. The van der Waals surface area contributed by atoms with Gasteiger partial charge in [-0.3, -0.25) is 4.79 Å². The molecule has 1 aromatic heterocycles. The van der Waals surface area contributed by atoms with Gasteiger partial charge in [-0.25, -0.2) is 13.1 Å². The number of ether oxygens (including phenoxy) is 1. The monoisotopic (exact) mass is 631 g/mol. The first kappa shape index (κ1) is 32.4. The van der Waals surface area contributed by atoms with Gasteiger partial charge >= 0.3 is 0 Å². The molecule has 12 heteroatoms. The van der Waals surface area contributed by atoms with Gasteiger partial charge in [0.25, 0.3) is 0 Å². The molecular formula is C33H41N7O4S. The molecule has 4 aromatic rings. The fourth-order valence-electron chi connectivity index (χ4n) is 5.85. The number of hydrogen-bond donors (Lipinski definition) is 3. The molecule has 3 atom stereocenters. The van der Waals surface area contributed by atoms with E-state index >= 15 is 0 Å². The Balaban J connectivity index is 1.24. The smallest absolute Gasteiger partial charge is 0.240 e. The Bertz CT molecular complexity index is 1610. The highest BCUT2D eigenvalue weighted by atomic mass is 32.2. The summed E-state index contributed by atoms with van der Waals surface area (Å²) in [6, 6.07) is 24.1. The number of carbonyl (C=O) groups excluding carboxylic acids is 1. The SMILES string of the molecule is CN(C)CC1CCCC(S(=O)(=O)NC(COCc2ccccc2)C(=O)NCc2ccc(-c3ccccc3-c3nn[nH]n3)cc2)C1. The van der Waals surface area contributed by atoms with Crippen LogP contribution in [0.1, 0.15) is 36.8 Å². The predicted molar refractivity (Wildman–Crippen MR) is 173 cm³/mol. The Kier molecular flexibility index (Phi) is 11.1. The molecule has 11 nitrogen and oxygen atoms in total. The van der Waals surface area contributed by atoms with Crippen LogP contribution in [0.2, 0.25) is 0 Å². The summed E-state index contributed by atoms with van der Waals surface area (Å²) in [5.74, 6) is 0.379. The number of nitrogens with one attached hydrogen (secondary N) is 3. The molecule has 0 saturated heterocycles. The maximum Gasteiger partial charge on any atom is 0.240 e. The predicted octanol–water partition coefficient (Wildman–Crippen LogP) is 3.78. The van der Waals surface area contributed by atoms with Crippen LogP contribution < -0.4 is 10.0 Å². The molecular weight excluding hydrogens is 590 g/mol. The molecule has 45 heavy (non-hydrogen) atoms. The first-order valence-electron chi connectivity index (χ1n) is 15.3. The standard InChI is InChI=1S/C33H41N7O4S/c1-40(2)21-26-11-8-12-28(19-26)45(42,43)37-31(23-44-22-25-9-4-3-5-10-25)33(41)34-20-24-15-17-27(18-16-24)29-13-6-7-14-30(29)32-35-38-39-36-32/h3-7,9-10,13-18,26,28,31,37H,8,11-12,19-23H2,1-2H3,(H,34,41)(H,35,36,38,39). The zero-order valence-corrected chi connectivity index (χ0v) is 26.5. The average Bonchev–Trinajstić information content (AvgIpc) is 3.59.